The average molecular weight is 273 g/mol. The molecular weight excluding hydrogens is 254 g/mol. The Hall–Kier alpha value is -1.32. The fourth-order valence-electron chi connectivity index (χ4n) is 2.94. The molecule has 2 unspecified atom stereocenters. The molecule has 0 fully saturated rings. The highest BCUT2D eigenvalue weighted by Gasteiger charge is 2.26. The summed E-state index contributed by atoms with van der Waals surface area (Å²) in [6.45, 7) is 5.12. The smallest absolute Gasteiger partial charge is 0.0781 e. The maximum absolute atomic E-state index is 9.95. The average Bonchev–Trinajstić information content (AvgIpc) is 2.88. The lowest BCUT2D eigenvalue weighted by molar-refractivity contribution is 0.199. The minimum absolute atomic E-state index is 0.384. The predicted octanol–water partition coefficient (Wildman–Crippen LogP) is 3.93. The van der Waals surface area contributed by atoms with Gasteiger partial charge in [0.05, 0.1) is 12.1 Å². The molecule has 0 bridgehead atoms. The maximum atomic E-state index is 9.95. The van der Waals surface area contributed by atoms with Gasteiger partial charge < -0.3 is 10.0 Å². The van der Waals surface area contributed by atoms with Crippen LogP contribution in [0.5, 0.6) is 0 Å². The van der Waals surface area contributed by atoms with Gasteiger partial charge in [0.25, 0.3) is 0 Å². The van der Waals surface area contributed by atoms with Crippen molar-refractivity contribution in [3.05, 3.63) is 51.7 Å². The number of aliphatic hydroxyl groups is 1. The molecule has 0 radical (unpaired) electrons. The van der Waals surface area contributed by atoms with E-state index in [9.17, 15) is 5.11 Å². The van der Waals surface area contributed by atoms with Gasteiger partial charge in [0.2, 0.25) is 0 Å². The molecule has 1 aliphatic rings. The summed E-state index contributed by atoms with van der Waals surface area (Å²) in [4.78, 5) is 3.93. The summed E-state index contributed by atoms with van der Waals surface area (Å²) in [6, 6.07) is 10.8. The number of rotatable bonds is 2. The summed E-state index contributed by atoms with van der Waals surface area (Å²) < 4.78 is 0. The van der Waals surface area contributed by atoms with Gasteiger partial charge in [-0.05, 0) is 43.3 Å². The van der Waals surface area contributed by atoms with Gasteiger partial charge in [-0.2, -0.15) is 0 Å². The molecule has 2 aromatic rings. The lowest BCUT2D eigenvalue weighted by atomic mass is 9.98. The molecule has 1 N–H and O–H groups in total. The first kappa shape index (κ1) is 12.7. The Morgan fingerprint density at radius 2 is 2.11 bits per heavy atom. The molecule has 0 amide bonds. The van der Waals surface area contributed by atoms with Crippen LogP contribution in [0.3, 0.4) is 0 Å². The van der Waals surface area contributed by atoms with Crippen LogP contribution in [-0.4, -0.2) is 11.7 Å². The normalized spacial score (nSPS) is 20.2. The molecule has 100 valence electrons. The number of aliphatic hydroxyl groups excluding tert-OH is 1. The van der Waals surface area contributed by atoms with Crippen molar-refractivity contribution in [2.24, 2.45) is 0 Å². The Labute approximate surface area is 118 Å². The van der Waals surface area contributed by atoms with Crippen molar-refractivity contribution in [1.29, 1.82) is 0 Å². The lowest BCUT2D eigenvalue weighted by Gasteiger charge is -2.37. The summed E-state index contributed by atoms with van der Waals surface area (Å²) in [5, 5.41) is 12.1. The standard InChI is InChI=1S/C16H19NOS/c1-11-13-8-10-19-16(13)7-9-17(11)15-6-4-3-5-14(15)12(2)18/h3-6,8,10-12,18H,7,9H2,1-2H3. The van der Waals surface area contributed by atoms with Crippen molar-refractivity contribution in [1.82, 2.24) is 0 Å². The molecule has 2 nitrogen and oxygen atoms in total. The molecule has 0 saturated carbocycles. The monoisotopic (exact) mass is 273 g/mol. The zero-order valence-electron chi connectivity index (χ0n) is 11.3. The van der Waals surface area contributed by atoms with Gasteiger partial charge in [0.15, 0.2) is 0 Å². The second-order valence-corrected chi connectivity index (χ2v) is 6.15. The molecule has 1 aromatic carbocycles. The molecular formula is C16H19NOS. The van der Waals surface area contributed by atoms with Crippen molar-refractivity contribution in [3.63, 3.8) is 0 Å². The Balaban J connectivity index is 2.00. The second-order valence-electron chi connectivity index (χ2n) is 5.15. The molecule has 1 aliphatic heterocycles. The number of benzene rings is 1. The molecule has 2 atom stereocenters. The van der Waals surface area contributed by atoms with Crippen LogP contribution in [0.25, 0.3) is 0 Å². The van der Waals surface area contributed by atoms with Crippen LogP contribution in [-0.2, 0) is 6.42 Å². The van der Waals surface area contributed by atoms with Gasteiger partial charge in [-0.15, -0.1) is 11.3 Å². The van der Waals surface area contributed by atoms with Crippen LogP contribution < -0.4 is 4.90 Å². The molecule has 3 heteroatoms. The molecule has 0 aliphatic carbocycles. The Morgan fingerprint density at radius 3 is 2.89 bits per heavy atom. The van der Waals surface area contributed by atoms with Gasteiger partial charge >= 0.3 is 0 Å². The molecule has 3 rings (SSSR count). The van der Waals surface area contributed by atoms with E-state index in [1.165, 1.54) is 16.1 Å². The minimum atomic E-state index is -0.424. The fourth-order valence-corrected chi connectivity index (χ4v) is 3.90. The Kier molecular flexibility index (Phi) is 3.33. The number of thiophene rings is 1. The van der Waals surface area contributed by atoms with Crippen molar-refractivity contribution in [2.75, 3.05) is 11.4 Å². The highest BCUT2D eigenvalue weighted by molar-refractivity contribution is 7.10. The van der Waals surface area contributed by atoms with E-state index in [1.807, 2.05) is 30.4 Å². The highest BCUT2D eigenvalue weighted by atomic mass is 32.1. The first-order chi connectivity index (χ1) is 9.18. The van der Waals surface area contributed by atoms with Crippen LogP contribution >= 0.6 is 11.3 Å². The van der Waals surface area contributed by atoms with E-state index in [1.54, 1.807) is 0 Å². The quantitative estimate of drug-likeness (QED) is 0.896. The lowest BCUT2D eigenvalue weighted by Crippen LogP contribution is -2.33. The van der Waals surface area contributed by atoms with Gasteiger partial charge in [0.1, 0.15) is 0 Å². The Bertz CT molecular complexity index is 576. The minimum Gasteiger partial charge on any atom is -0.389 e. The molecule has 1 aromatic heterocycles. The third kappa shape index (κ3) is 2.17. The number of para-hydroxylation sites is 1. The van der Waals surface area contributed by atoms with E-state index in [0.29, 0.717) is 6.04 Å². The van der Waals surface area contributed by atoms with Crippen molar-refractivity contribution in [3.8, 4) is 0 Å². The Morgan fingerprint density at radius 1 is 1.32 bits per heavy atom. The summed E-state index contributed by atoms with van der Waals surface area (Å²) in [6.07, 6.45) is 0.679. The highest BCUT2D eigenvalue weighted by Crippen LogP contribution is 2.38. The van der Waals surface area contributed by atoms with E-state index in [4.69, 9.17) is 0 Å². The van der Waals surface area contributed by atoms with Gasteiger partial charge in [-0.25, -0.2) is 0 Å². The van der Waals surface area contributed by atoms with Gasteiger partial charge in [0, 0.05) is 22.7 Å². The number of fused-ring (bicyclic) bond motifs is 1. The number of anilines is 1. The van der Waals surface area contributed by atoms with Crippen molar-refractivity contribution >= 4 is 17.0 Å². The van der Waals surface area contributed by atoms with Crippen molar-refractivity contribution < 1.29 is 5.11 Å². The van der Waals surface area contributed by atoms with Crippen LogP contribution in [0.1, 0.15) is 42.0 Å². The van der Waals surface area contributed by atoms with Crippen LogP contribution in [0.15, 0.2) is 35.7 Å². The maximum Gasteiger partial charge on any atom is 0.0781 e. The summed E-state index contributed by atoms with van der Waals surface area (Å²) in [7, 11) is 0. The SMILES string of the molecule is CC(O)c1ccccc1N1CCc2sccc2C1C. The third-order valence-electron chi connectivity index (χ3n) is 3.97. The zero-order valence-corrected chi connectivity index (χ0v) is 12.2. The molecule has 2 heterocycles. The van der Waals surface area contributed by atoms with Crippen LogP contribution in [0, 0.1) is 0 Å². The van der Waals surface area contributed by atoms with Gasteiger partial charge in [-0.3, -0.25) is 0 Å². The van der Waals surface area contributed by atoms with E-state index >= 15 is 0 Å². The van der Waals surface area contributed by atoms with E-state index in [0.717, 1.165) is 18.5 Å². The summed E-state index contributed by atoms with van der Waals surface area (Å²) in [5.74, 6) is 0. The summed E-state index contributed by atoms with van der Waals surface area (Å²) >= 11 is 1.86. The topological polar surface area (TPSA) is 23.5 Å². The fraction of sp³-hybridized carbons (Fsp3) is 0.375. The number of hydrogen-bond acceptors (Lipinski definition) is 3. The first-order valence-corrected chi connectivity index (χ1v) is 7.66. The van der Waals surface area contributed by atoms with E-state index in [2.05, 4.69) is 35.4 Å². The van der Waals surface area contributed by atoms with E-state index in [-0.39, 0.29) is 0 Å². The zero-order chi connectivity index (χ0) is 13.4. The second kappa shape index (κ2) is 4.99. The summed E-state index contributed by atoms with van der Waals surface area (Å²) in [5.41, 5.74) is 3.63. The van der Waals surface area contributed by atoms with Crippen molar-refractivity contribution in [2.45, 2.75) is 32.4 Å². The molecule has 0 spiro atoms. The van der Waals surface area contributed by atoms with Crippen LogP contribution in [0.4, 0.5) is 5.69 Å². The third-order valence-corrected chi connectivity index (χ3v) is 4.97. The molecule has 0 saturated heterocycles. The largest absolute Gasteiger partial charge is 0.389 e. The number of nitrogens with zero attached hydrogens (tertiary/aromatic N) is 1. The van der Waals surface area contributed by atoms with Gasteiger partial charge in [-0.1, -0.05) is 18.2 Å². The predicted molar refractivity (Wildman–Crippen MR) is 80.9 cm³/mol. The van der Waals surface area contributed by atoms with E-state index < -0.39 is 6.10 Å². The molecule has 19 heavy (non-hydrogen) atoms. The van der Waals surface area contributed by atoms with Crippen LogP contribution in [0.2, 0.25) is 0 Å². The first-order valence-electron chi connectivity index (χ1n) is 6.78. The number of hydrogen-bond donors (Lipinski definition) is 1.